The molecule has 0 bridgehead atoms. The molecule has 0 heterocycles. The first-order chi connectivity index (χ1) is 8.16. The number of hydrogen-bond donors (Lipinski definition) is 1. The molecule has 0 fully saturated rings. The Morgan fingerprint density at radius 1 is 1.18 bits per heavy atom. The number of Topliss-reactive ketones (excluding diaryl/α,β-unsaturated/α-hetero) is 1. The van der Waals surface area contributed by atoms with E-state index >= 15 is 0 Å². The summed E-state index contributed by atoms with van der Waals surface area (Å²) >= 11 is 0. The Morgan fingerprint density at radius 3 is 1.94 bits per heavy atom. The standard InChI is InChI=1S/C15H27NO/c1-5-8-10-12-15(16-4,14(17)7-3)13-11-9-6-2/h5-6,16H,1-2,7-13H2,3-4H3. The molecule has 0 amide bonds. The van der Waals surface area contributed by atoms with E-state index in [9.17, 15) is 4.79 Å². The normalized spacial score (nSPS) is 11.2. The lowest BCUT2D eigenvalue weighted by atomic mass is 9.82. The number of unbranched alkanes of at least 4 members (excludes halogenated alkanes) is 2. The van der Waals surface area contributed by atoms with Crippen LogP contribution in [0.5, 0.6) is 0 Å². The van der Waals surface area contributed by atoms with Crippen LogP contribution in [-0.4, -0.2) is 18.4 Å². The topological polar surface area (TPSA) is 29.1 Å². The quantitative estimate of drug-likeness (QED) is 0.439. The highest BCUT2D eigenvalue weighted by Crippen LogP contribution is 2.24. The summed E-state index contributed by atoms with van der Waals surface area (Å²) in [5, 5.41) is 3.27. The van der Waals surface area contributed by atoms with Gasteiger partial charge in [0.05, 0.1) is 5.54 Å². The van der Waals surface area contributed by atoms with Gasteiger partial charge in [-0.1, -0.05) is 19.1 Å². The Morgan fingerprint density at radius 2 is 1.65 bits per heavy atom. The van der Waals surface area contributed by atoms with Crippen LogP contribution in [0.25, 0.3) is 0 Å². The summed E-state index contributed by atoms with van der Waals surface area (Å²) < 4.78 is 0. The largest absolute Gasteiger partial charge is 0.308 e. The molecule has 0 aliphatic heterocycles. The minimum atomic E-state index is -0.333. The molecule has 0 saturated carbocycles. The number of rotatable bonds is 11. The fraction of sp³-hybridized carbons (Fsp3) is 0.667. The van der Waals surface area contributed by atoms with Crippen molar-refractivity contribution in [3.63, 3.8) is 0 Å². The maximum absolute atomic E-state index is 12.1. The molecule has 0 aliphatic carbocycles. The Kier molecular flexibility index (Phi) is 8.69. The van der Waals surface area contributed by atoms with Gasteiger partial charge in [0.1, 0.15) is 0 Å². The van der Waals surface area contributed by atoms with Gasteiger partial charge in [0.25, 0.3) is 0 Å². The lowest BCUT2D eigenvalue weighted by Gasteiger charge is -2.32. The first-order valence-corrected chi connectivity index (χ1v) is 6.60. The highest BCUT2D eigenvalue weighted by Gasteiger charge is 2.33. The van der Waals surface area contributed by atoms with Gasteiger partial charge < -0.3 is 5.32 Å². The molecule has 0 unspecified atom stereocenters. The van der Waals surface area contributed by atoms with Crippen LogP contribution in [0.3, 0.4) is 0 Å². The van der Waals surface area contributed by atoms with Crippen molar-refractivity contribution < 1.29 is 4.79 Å². The van der Waals surface area contributed by atoms with Crippen LogP contribution < -0.4 is 5.32 Å². The van der Waals surface area contributed by atoms with Crippen LogP contribution in [0.4, 0.5) is 0 Å². The van der Waals surface area contributed by atoms with Gasteiger partial charge in [-0.3, -0.25) is 4.79 Å². The lowest BCUT2D eigenvalue weighted by molar-refractivity contribution is -0.125. The molecule has 0 aromatic carbocycles. The summed E-state index contributed by atoms with van der Waals surface area (Å²) in [6.45, 7) is 9.40. The zero-order valence-corrected chi connectivity index (χ0v) is 11.4. The number of carbonyl (C=O) groups excluding carboxylic acids is 1. The van der Waals surface area contributed by atoms with E-state index in [1.165, 1.54) is 0 Å². The third kappa shape index (κ3) is 5.31. The number of hydrogen-bond acceptors (Lipinski definition) is 2. The van der Waals surface area contributed by atoms with Crippen molar-refractivity contribution in [3.8, 4) is 0 Å². The van der Waals surface area contributed by atoms with Gasteiger partial charge in [-0.15, -0.1) is 13.2 Å². The zero-order valence-electron chi connectivity index (χ0n) is 11.4. The Hall–Kier alpha value is -0.890. The highest BCUT2D eigenvalue weighted by molar-refractivity contribution is 5.88. The van der Waals surface area contributed by atoms with Crippen LogP contribution >= 0.6 is 0 Å². The maximum atomic E-state index is 12.1. The lowest BCUT2D eigenvalue weighted by Crippen LogP contribution is -2.50. The van der Waals surface area contributed by atoms with Crippen LogP contribution in [0.15, 0.2) is 25.3 Å². The molecule has 1 N–H and O–H groups in total. The van der Waals surface area contributed by atoms with E-state index in [4.69, 9.17) is 0 Å². The van der Waals surface area contributed by atoms with E-state index in [0.717, 1.165) is 38.5 Å². The van der Waals surface area contributed by atoms with Crippen LogP contribution in [0.2, 0.25) is 0 Å². The average molecular weight is 237 g/mol. The molecule has 0 aromatic rings. The van der Waals surface area contributed by atoms with E-state index in [2.05, 4.69) is 18.5 Å². The molecule has 0 spiro atoms. The smallest absolute Gasteiger partial charge is 0.152 e. The van der Waals surface area contributed by atoms with Crippen LogP contribution in [0, 0.1) is 0 Å². The van der Waals surface area contributed by atoms with E-state index in [1.54, 1.807) is 0 Å². The zero-order chi connectivity index (χ0) is 13.1. The maximum Gasteiger partial charge on any atom is 0.152 e. The molecular weight excluding hydrogens is 210 g/mol. The second kappa shape index (κ2) is 9.17. The number of likely N-dealkylation sites (N-methyl/N-ethyl adjacent to an activating group) is 1. The predicted octanol–water partition coefficient (Wildman–Crippen LogP) is 3.64. The molecule has 0 atom stereocenters. The van der Waals surface area contributed by atoms with Crippen molar-refractivity contribution in [2.24, 2.45) is 0 Å². The summed E-state index contributed by atoms with van der Waals surface area (Å²) in [6, 6.07) is 0. The van der Waals surface area contributed by atoms with Crippen molar-refractivity contribution in [2.75, 3.05) is 7.05 Å². The van der Waals surface area contributed by atoms with Gasteiger partial charge in [-0.2, -0.15) is 0 Å². The minimum absolute atomic E-state index is 0.327. The van der Waals surface area contributed by atoms with Gasteiger partial charge >= 0.3 is 0 Å². The third-order valence-corrected chi connectivity index (χ3v) is 3.36. The molecule has 17 heavy (non-hydrogen) atoms. The van der Waals surface area contributed by atoms with Gasteiger partial charge in [-0.25, -0.2) is 0 Å². The van der Waals surface area contributed by atoms with Crippen molar-refractivity contribution in [1.29, 1.82) is 0 Å². The van der Waals surface area contributed by atoms with Gasteiger partial charge in [0, 0.05) is 6.42 Å². The Labute approximate surface area is 106 Å². The predicted molar refractivity (Wildman–Crippen MR) is 75.2 cm³/mol. The summed E-state index contributed by atoms with van der Waals surface area (Å²) in [6.07, 6.45) is 10.2. The summed E-state index contributed by atoms with van der Waals surface area (Å²) in [4.78, 5) is 12.1. The van der Waals surface area contributed by atoms with E-state index in [1.807, 2.05) is 26.1 Å². The summed E-state index contributed by atoms with van der Waals surface area (Å²) in [5.74, 6) is 0.327. The molecule has 2 heteroatoms. The highest BCUT2D eigenvalue weighted by atomic mass is 16.1. The summed E-state index contributed by atoms with van der Waals surface area (Å²) in [7, 11) is 1.90. The molecule has 0 aliphatic rings. The van der Waals surface area contributed by atoms with Crippen molar-refractivity contribution in [2.45, 2.75) is 57.4 Å². The molecule has 98 valence electrons. The fourth-order valence-corrected chi connectivity index (χ4v) is 2.23. The van der Waals surface area contributed by atoms with Gasteiger partial charge in [0.15, 0.2) is 5.78 Å². The Balaban J connectivity index is 4.55. The SMILES string of the molecule is C=CCCCC(CCCC=C)(NC)C(=O)CC. The van der Waals surface area contributed by atoms with Crippen molar-refractivity contribution in [1.82, 2.24) is 5.32 Å². The number of allylic oxidation sites excluding steroid dienone is 2. The summed E-state index contributed by atoms with van der Waals surface area (Å²) in [5.41, 5.74) is -0.333. The van der Waals surface area contributed by atoms with Gasteiger partial charge in [-0.05, 0) is 45.6 Å². The molecular formula is C15H27NO. The van der Waals surface area contributed by atoms with Crippen molar-refractivity contribution in [3.05, 3.63) is 25.3 Å². The second-order valence-electron chi connectivity index (χ2n) is 4.47. The Bertz CT molecular complexity index is 231. The molecule has 0 saturated heterocycles. The number of carbonyl (C=O) groups is 1. The number of nitrogens with one attached hydrogen (secondary N) is 1. The fourth-order valence-electron chi connectivity index (χ4n) is 2.23. The first-order valence-electron chi connectivity index (χ1n) is 6.60. The van der Waals surface area contributed by atoms with E-state index in [-0.39, 0.29) is 5.54 Å². The molecule has 0 radical (unpaired) electrons. The monoisotopic (exact) mass is 237 g/mol. The molecule has 0 aromatic heterocycles. The van der Waals surface area contributed by atoms with Crippen LogP contribution in [-0.2, 0) is 4.79 Å². The van der Waals surface area contributed by atoms with Gasteiger partial charge in [0.2, 0.25) is 0 Å². The first kappa shape index (κ1) is 16.1. The third-order valence-electron chi connectivity index (χ3n) is 3.36. The van der Waals surface area contributed by atoms with Crippen LogP contribution in [0.1, 0.15) is 51.9 Å². The second-order valence-corrected chi connectivity index (χ2v) is 4.47. The van der Waals surface area contributed by atoms with Crippen molar-refractivity contribution >= 4 is 5.78 Å². The van der Waals surface area contributed by atoms with E-state index in [0.29, 0.717) is 12.2 Å². The minimum Gasteiger partial charge on any atom is -0.308 e. The number of ketones is 1. The molecule has 0 rings (SSSR count). The van der Waals surface area contributed by atoms with E-state index < -0.39 is 0 Å². The molecule has 2 nitrogen and oxygen atoms in total. The average Bonchev–Trinajstić information content (AvgIpc) is 2.36.